The number of amides is 2. The predicted octanol–water partition coefficient (Wildman–Crippen LogP) is 4.07. The standard InChI is InChI=1S/C23H28N2O2/c26-22(24-16-8-11-19-9-4-3-5-10-19)20-12-14-21(15-13-20)23(27)25-17-6-1-2-7-18-25/h3-5,9-10,12-15H,1-2,6-8,11,16-18H2,(H,24,26). The molecular formula is C23H28N2O2. The van der Waals surface area contributed by atoms with E-state index in [-0.39, 0.29) is 11.8 Å². The molecule has 1 aliphatic rings. The predicted molar refractivity (Wildman–Crippen MR) is 108 cm³/mol. The Bertz CT molecular complexity index is 733. The zero-order valence-electron chi connectivity index (χ0n) is 15.8. The highest BCUT2D eigenvalue weighted by Crippen LogP contribution is 2.14. The Kier molecular flexibility index (Phi) is 7.03. The van der Waals surface area contributed by atoms with Gasteiger partial charge in [0.1, 0.15) is 0 Å². The molecule has 0 aliphatic carbocycles. The van der Waals surface area contributed by atoms with Crippen molar-refractivity contribution in [3.05, 3.63) is 71.3 Å². The van der Waals surface area contributed by atoms with Crippen molar-refractivity contribution < 1.29 is 9.59 Å². The summed E-state index contributed by atoms with van der Waals surface area (Å²) in [7, 11) is 0. The van der Waals surface area contributed by atoms with Gasteiger partial charge in [0.2, 0.25) is 0 Å². The van der Waals surface area contributed by atoms with Crippen molar-refractivity contribution in [2.75, 3.05) is 19.6 Å². The van der Waals surface area contributed by atoms with E-state index in [0.29, 0.717) is 17.7 Å². The van der Waals surface area contributed by atoms with E-state index >= 15 is 0 Å². The van der Waals surface area contributed by atoms with Gasteiger partial charge in [-0.25, -0.2) is 0 Å². The lowest BCUT2D eigenvalue weighted by atomic mass is 10.1. The number of benzene rings is 2. The van der Waals surface area contributed by atoms with Crippen molar-refractivity contribution in [2.24, 2.45) is 0 Å². The first-order valence-corrected chi connectivity index (χ1v) is 9.95. The van der Waals surface area contributed by atoms with Gasteiger partial charge in [-0.15, -0.1) is 0 Å². The minimum absolute atomic E-state index is 0.0757. The van der Waals surface area contributed by atoms with Gasteiger partial charge >= 0.3 is 0 Å². The van der Waals surface area contributed by atoms with Crippen molar-refractivity contribution >= 4 is 11.8 Å². The molecule has 4 heteroatoms. The highest BCUT2D eigenvalue weighted by atomic mass is 16.2. The van der Waals surface area contributed by atoms with Gasteiger partial charge in [-0.05, 0) is 55.5 Å². The topological polar surface area (TPSA) is 49.4 Å². The molecule has 0 atom stereocenters. The van der Waals surface area contributed by atoms with Gasteiger partial charge in [0, 0.05) is 30.8 Å². The van der Waals surface area contributed by atoms with E-state index in [9.17, 15) is 9.59 Å². The third-order valence-electron chi connectivity index (χ3n) is 5.06. The second-order valence-electron chi connectivity index (χ2n) is 7.13. The SMILES string of the molecule is O=C(NCCCc1ccccc1)c1ccc(C(=O)N2CCCCCC2)cc1. The molecule has 2 aromatic rings. The zero-order chi connectivity index (χ0) is 18.9. The molecule has 1 fully saturated rings. The summed E-state index contributed by atoms with van der Waals surface area (Å²) in [6.07, 6.45) is 6.41. The van der Waals surface area contributed by atoms with Gasteiger partial charge in [0.15, 0.2) is 0 Å². The number of aryl methyl sites for hydroxylation is 1. The Hall–Kier alpha value is -2.62. The molecule has 0 radical (unpaired) electrons. The van der Waals surface area contributed by atoms with E-state index < -0.39 is 0 Å². The van der Waals surface area contributed by atoms with Crippen LogP contribution in [-0.4, -0.2) is 36.3 Å². The number of nitrogens with zero attached hydrogens (tertiary/aromatic N) is 1. The summed E-state index contributed by atoms with van der Waals surface area (Å²) in [6.45, 7) is 2.31. The average Bonchev–Trinajstić information content (AvgIpc) is 3.01. The molecule has 1 saturated heterocycles. The molecule has 27 heavy (non-hydrogen) atoms. The van der Waals surface area contributed by atoms with E-state index in [1.807, 2.05) is 23.1 Å². The van der Waals surface area contributed by atoms with E-state index in [1.165, 1.54) is 18.4 Å². The lowest BCUT2D eigenvalue weighted by Gasteiger charge is -2.20. The molecule has 0 unspecified atom stereocenters. The first-order valence-electron chi connectivity index (χ1n) is 9.95. The van der Waals surface area contributed by atoms with Gasteiger partial charge in [0.25, 0.3) is 11.8 Å². The molecule has 0 bridgehead atoms. The number of rotatable bonds is 6. The number of carbonyl (C=O) groups excluding carboxylic acids is 2. The van der Waals surface area contributed by atoms with E-state index in [4.69, 9.17) is 0 Å². The summed E-state index contributed by atoms with van der Waals surface area (Å²) >= 11 is 0. The van der Waals surface area contributed by atoms with Gasteiger partial charge in [-0.1, -0.05) is 43.2 Å². The Balaban J connectivity index is 1.47. The van der Waals surface area contributed by atoms with Crippen LogP contribution in [0.4, 0.5) is 0 Å². The zero-order valence-corrected chi connectivity index (χ0v) is 15.8. The maximum Gasteiger partial charge on any atom is 0.253 e. The fourth-order valence-electron chi connectivity index (χ4n) is 3.46. The van der Waals surface area contributed by atoms with Crippen LogP contribution in [0.5, 0.6) is 0 Å². The number of nitrogens with one attached hydrogen (secondary N) is 1. The summed E-state index contributed by atoms with van der Waals surface area (Å²) in [5.41, 5.74) is 2.54. The largest absolute Gasteiger partial charge is 0.352 e. The van der Waals surface area contributed by atoms with Crippen molar-refractivity contribution in [3.63, 3.8) is 0 Å². The molecule has 3 rings (SSSR count). The maximum absolute atomic E-state index is 12.6. The second kappa shape index (κ2) is 9.91. The lowest BCUT2D eigenvalue weighted by molar-refractivity contribution is 0.0761. The van der Waals surface area contributed by atoms with Gasteiger partial charge in [-0.3, -0.25) is 9.59 Å². The number of hydrogen-bond acceptors (Lipinski definition) is 2. The molecule has 142 valence electrons. The van der Waals surface area contributed by atoms with Crippen LogP contribution in [0.15, 0.2) is 54.6 Å². The molecule has 0 aromatic heterocycles. The normalized spacial score (nSPS) is 14.4. The molecule has 2 amide bonds. The highest BCUT2D eigenvalue weighted by Gasteiger charge is 2.17. The first-order chi connectivity index (χ1) is 13.2. The summed E-state index contributed by atoms with van der Waals surface area (Å²) in [5.74, 6) is -0.0106. The Labute approximate surface area is 161 Å². The van der Waals surface area contributed by atoms with E-state index in [0.717, 1.165) is 38.8 Å². The minimum atomic E-state index is -0.0863. The molecule has 0 spiro atoms. The molecular weight excluding hydrogens is 336 g/mol. The summed E-state index contributed by atoms with van der Waals surface area (Å²) in [5, 5.41) is 2.96. The monoisotopic (exact) mass is 364 g/mol. The summed E-state index contributed by atoms with van der Waals surface area (Å²) in [6, 6.07) is 17.3. The average molecular weight is 364 g/mol. The fraction of sp³-hybridized carbons (Fsp3) is 0.391. The van der Waals surface area contributed by atoms with Crippen molar-refractivity contribution in [1.29, 1.82) is 0 Å². The Morgan fingerprint density at radius 1 is 0.815 bits per heavy atom. The molecule has 4 nitrogen and oxygen atoms in total. The maximum atomic E-state index is 12.6. The van der Waals surface area contributed by atoms with E-state index in [1.54, 1.807) is 24.3 Å². The molecule has 2 aromatic carbocycles. The molecule has 1 N–H and O–H groups in total. The van der Waals surface area contributed by atoms with Crippen LogP contribution in [-0.2, 0) is 6.42 Å². The van der Waals surface area contributed by atoms with Crippen LogP contribution in [0, 0.1) is 0 Å². The van der Waals surface area contributed by atoms with Crippen LogP contribution in [0.2, 0.25) is 0 Å². The summed E-state index contributed by atoms with van der Waals surface area (Å²) in [4.78, 5) is 26.8. The number of carbonyl (C=O) groups is 2. The molecule has 1 aliphatic heterocycles. The Morgan fingerprint density at radius 3 is 2.11 bits per heavy atom. The molecule has 1 heterocycles. The number of likely N-dealkylation sites (tertiary alicyclic amines) is 1. The second-order valence-corrected chi connectivity index (χ2v) is 7.13. The lowest BCUT2D eigenvalue weighted by Crippen LogP contribution is -2.31. The van der Waals surface area contributed by atoms with Gasteiger partial charge in [-0.2, -0.15) is 0 Å². The fourth-order valence-corrected chi connectivity index (χ4v) is 3.46. The Morgan fingerprint density at radius 2 is 1.44 bits per heavy atom. The van der Waals surface area contributed by atoms with Crippen molar-refractivity contribution in [1.82, 2.24) is 10.2 Å². The smallest absolute Gasteiger partial charge is 0.253 e. The van der Waals surface area contributed by atoms with Gasteiger partial charge in [0.05, 0.1) is 0 Å². The van der Waals surface area contributed by atoms with Crippen LogP contribution in [0.25, 0.3) is 0 Å². The van der Waals surface area contributed by atoms with Crippen LogP contribution in [0.1, 0.15) is 58.4 Å². The molecule has 0 saturated carbocycles. The number of hydrogen-bond donors (Lipinski definition) is 1. The van der Waals surface area contributed by atoms with Crippen molar-refractivity contribution in [2.45, 2.75) is 38.5 Å². The van der Waals surface area contributed by atoms with Crippen LogP contribution < -0.4 is 5.32 Å². The minimum Gasteiger partial charge on any atom is -0.352 e. The third kappa shape index (κ3) is 5.68. The van der Waals surface area contributed by atoms with E-state index in [2.05, 4.69) is 17.4 Å². The van der Waals surface area contributed by atoms with Crippen LogP contribution >= 0.6 is 0 Å². The van der Waals surface area contributed by atoms with Gasteiger partial charge < -0.3 is 10.2 Å². The first kappa shape index (κ1) is 19.2. The summed E-state index contributed by atoms with van der Waals surface area (Å²) < 4.78 is 0. The highest BCUT2D eigenvalue weighted by molar-refractivity contribution is 5.97. The quantitative estimate of drug-likeness (QED) is 0.786. The third-order valence-corrected chi connectivity index (χ3v) is 5.06. The van der Waals surface area contributed by atoms with Crippen molar-refractivity contribution in [3.8, 4) is 0 Å². The van der Waals surface area contributed by atoms with Crippen LogP contribution in [0.3, 0.4) is 0 Å².